The van der Waals surface area contributed by atoms with Gasteiger partial charge < -0.3 is 4.74 Å². The zero-order chi connectivity index (χ0) is 53.8. The van der Waals surface area contributed by atoms with E-state index in [1.54, 1.807) is 29.1 Å². The molecule has 8 aromatic carbocycles. The van der Waals surface area contributed by atoms with Crippen LogP contribution in [0.4, 0.5) is 0 Å². The second-order valence-corrected chi connectivity index (χ2v) is 18.2. The van der Waals surface area contributed by atoms with Crippen LogP contribution in [-0.4, -0.2) is 14.1 Å². The molecule has 0 aliphatic heterocycles. The van der Waals surface area contributed by atoms with Gasteiger partial charge in [0.05, 0.1) is 24.7 Å². The largest absolute Gasteiger partial charge is 0.457 e. The molecule has 5 nitrogen and oxygen atoms in total. The highest BCUT2D eigenvalue weighted by Crippen LogP contribution is 2.41. The van der Waals surface area contributed by atoms with E-state index in [1.807, 2.05) is 65.4 Å². The lowest BCUT2D eigenvalue weighted by Crippen LogP contribution is -2.30. The first-order valence-electron chi connectivity index (χ1n) is 27.7. The third-order valence-corrected chi connectivity index (χ3v) is 13.1. The molecule has 0 fully saturated rings. The fraction of sp³-hybridized carbons (Fsp3) is 0.129. The molecule has 0 saturated carbocycles. The molecule has 3 heterocycles. The molecule has 0 unspecified atom stereocenters. The Hall–Kier alpha value is -8.02. The van der Waals surface area contributed by atoms with Crippen LogP contribution >= 0.6 is 0 Å². The standard InChI is InChI=1S/C62H51N4O/c1-62(2,3)48-36-37-63-58(38-48)66-57-40-51(34-35-54(57)59-46-30-28-42-24-26-43(27-25-42)29-31-47(33-32-46)60(59)66)67-50-19-12-18-49(39-50)64-41-65(56-23-11-10-22-55(56)64)61-52(44-14-6-4-7-15-44)20-13-21-53(61)45-16-8-5-9-17-45/h4-27,32-41H,28-31H2,1-3H3/q+1/i4D,5D,6D,7D,8D,9D,14D,15D,16D,17D. The van der Waals surface area contributed by atoms with E-state index < -0.39 is 60.4 Å². The minimum absolute atomic E-state index is 0.106. The summed E-state index contributed by atoms with van der Waals surface area (Å²) >= 11 is 0. The number of hydrogen-bond donors (Lipinski definition) is 0. The Bertz CT molecular complexity index is 4110. The van der Waals surface area contributed by atoms with Crippen molar-refractivity contribution in [2.75, 3.05) is 0 Å². The molecule has 11 aromatic rings. The molecule has 0 saturated heterocycles. The van der Waals surface area contributed by atoms with E-state index in [4.69, 9.17) is 23.4 Å². The normalized spacial score (nSPS) is 14.9. The number of benzene rings is 8. The molecule has 0 N–H and O–H groups in total. The number of para-hydroxylation sites is 3. The second-order valence-electron chi connectivity index (χ2n) is 18.2. The quantitative estimate of drug-likeness (QED) is 0.150. The molecule has 0 atom stereocenters. The highest BCUT2D eigenvalue weighted by atomic mass is 16.5. The van der Waals surface area contributed by atoms with Crippen molar-refractivity contribution in [1.29, 1.82) is 0 Å². The van der Waals surface area contributed by atoms with Crippen LogP contribution in [0.25, 0.3) is 72.3 Å². The summed E-state index contributed by atoms with van der Waals surface area (Å²) in [6.07, 6.45) is 7.24. The summed E-state index contributed by atoms with van der Waals surface area (Å²) in [6, 6.07) is 39.2. The predicted octanol–water partition coefficient (Wildman–Crippen LogP) is 14.7. The zero-order valence-corrected chi connectivity index (χ0v) is 37.4. The van der Waals surface area contributed by atoms with Crippen LogP contribution in [0.1, 0.15) is 62.3 Å². The molecule has 0 spiro atoms. The van der Waals surface area contributed by atoms with Crippen LogP contribution in [0.15, 0.2) is 206 Å². The van der Waals surface area contributed by atoms with Crippen molar-refractivity contribution in [1.82, 2.24) is 14.1 Å². The van der Waals surface area contributed by atoms with E-state index in [-0.39, 0.29) is 33.4 Å². The number of aryl methyl sites for hydroxylation is 4. The van der Waals surface area contributed by atoms with Crippen LogP contribution in [0, 0.1) is 0 Å². The van der Waals surface area contributed by atoms with Crippen molar-refractivity contribution in [2.45, 2.75) is 51.9 Å². The molecule has 67 heavy (non-hydrogen) atoms. The Labute approximate surface area is 405 Å². The van der Waals surface area contributed by atoms with Crippen molar-refractivity contribution < 1.29 is 23.0 Å². The van der Waals surface area contributed by atoms with Crippen LogP contribution < -0.4 is 9.30 Å². The lowest BCUT2D eigenvalue weighted by atomic mass is 9.88. The van der Waals surface area contributed by atoms with Crippen molar-refractivity contribution in [2.24, 2.45) is 0 Å². The molecule has 4 aliphatic carbocycles. The SMILES string of the molecule is [2H]c1c([2H])c([2H])c(-c2cccc(-c3c([2H])c([2H])c([2H])c([2H])c3[2H])c2-[n+]2cn(-c3cccc(Oc4ccc5c6c7ccc(c6n(-c6cc(C(C)(C)C)ccn6)c5c4)CCc4ccc(cc4)CC7)c3)c3ccccc32)c([2H])c1[2H]. The Morgan fingerprint density at radius 3 is 1.97 bits per heavy atom. The minimum Gasteiger partial charge on any atom is -0.457 e. The average Bonchev–Trinajstić information content (AvgIpc) is 4.24. The van der Waals surface area contributed by atoms with E-state index in [0.29, 0.717) is 28.2 Å². The second kappa shape index (κ2) is 16.4. The lowest BCUT2D eigenvalue weighted by Gasteiger charge is -2.20. The van der Waals surface area contributed by atoms with Gasteiger partial charge in [0.1, 0.15) is 28.7 Å². The first-order chi connectivity index (χ1) is 37.0. The van der Waals surface area contributed by atoms with Gasteiger partial charge in [-0.2, -0.15) is 9.13 Å². The maximum atomic E-state index is 9.08. The van der Waals surface area contributed by atoms with Crippen molar-refractivity contribution in [3.8, 4) is 50.9 Å². The summed E-state index contributed by atoms with van der Waals surface area (Å²) in [6.45, 7) is 6.64. The van der Waals surface area contributed by atoms with Crippen LogP contribution in [0.2, 0.25) is 0 Å². The average molecular weight is 878 g/mol. The van der Waals surface area contributed by atoms with Crippen molar-refractivity contribution in [3.63, 3.8) is 0 Å². The minimum atomic E-state index is -0.556. The fourth-order valence-corrected chi connectivity index (χ4v) is 9.71. The van der Waals surface area contributed by atoms with Gasteiger partial charge in [-0.05, 0) is 119 Å². The van der Waals surface area contributed by atoms with E-state index in [0.717, 1.165) is 47.9 Å². The summed E-state index contributed by atoms with van der Waals surface area (Å²) in [4.78, 5) is 5.05. The molecule has 0 amide bonds. The number of ether oxygens (including phenoxy) is 1. The third kappa shape index (κ3) is 7.37. The first-order valence-corrected chi connectivity index (χ1v) is 22.7. The van der Waals surface area contributed by atoms with Gasteiger partial charge in [0.25, 0.3) is 6.33 Å². The molecule has 4 aliphatic rings. The van der Waals surface area contributed by atoms with Gasteiger partial charge in [0.15, 0.2) is 11.0 Å². The van der Waals surface area contributed by atoms with Gasteiger partial charge in [0, 0.05) is 40.2 Å². The molecule has 5 heteroatoms. The molecule has 4 bridgehead atoms. The van der Waals surface area contributed by atoms with E-state index in [1.165, 1.54) is 33.2 Å². The summed E-state index contributed by atoms with van der Waals surface area (Å²) in [5, 5.41) is 2.33. The third-order valence-electron chi connectivity index (χ3n) is 13.1. The Morgan fingerprint density at radius 1 is 0.597 bits per heavy atom. The highest BCUT2D eigenvalue weighted by molar-refractivity contribution is 6.12. The molecular formula is C62H51N4O+. The van der Waals surface area contributed by atoms with Gasteiger partial charge in [-0.25, -0.2) is 4.98 Å². The summed E-state index contributed by atoms with van der Waals surface area (Å²) < 4.78 is 100. The van der Waals surface area contributed by atoms with Crippen LogP contribution in [0.5, 0.6) is 11.5 Å². The maximum Gasteiger partial charge on any atom is 0.255 e. The van der Waals surface area contributed by atoms with E-state index in [2.05, 4.69) is 86.0 Å². The fourth-order valence-electron chi connectivity index (χ4n) is 9.71. The number of hydrogen-bond acceptors (Lipinski definition) is 2. The maximum absolute atomic E-state index is 9.08. The molecule has 0 radical (unpaired) electrons. The van der Waals surface area contributed by atoms with E-state index >= 15 is 0 Å². The lowest BCUT2D eigenvalue weighted by molar-refractivity contribution is -0.566. The number of pyridine rings is 1. The van der Waals surface area contributed by atoms with E-state index in [9.17, 15) is 0 Å². The smallest absolute Gasteiger partial charge is 0.255 e. The number of imidazole rings is 1. The monoisotopic (exact) mass is 877 g/mol. The Balaban J connectivity index is 1.02. The van der Waals surface area contributed by atoms with Gasteiger partial charge in [-0.15, -0.1) is 0 Å². The highest BCUT2D eigenvalue weighted by Gasteiger charge is 2.26. The Morgan fingerprint density at radius 2 is 1.25 bits per heavy atom. The summed E-state index contributed by atoms with van der Waals surface area (Å²) in [5.41, 5.74) is 10.8. The first kappa shape index (κ1) is 31.0. The summed E-state index contributed by atoms with van der Waals surface area (Å²) in [7, 11) is 0. The zero-order valence-electron chi connectivity index (χ0n) is 47.4. The number of rotatable bonds is 7. The van der Waals surface area contributed by atoms with Crippen molar-refractivity contribution in [3.05, 3.63) is 234 Å². The molecule has 324 valence electrons. The molecular weight excluding hydrogens is 817 g/mol. The van der Waals surface area contributed by atoms with Gasteiger partial charge in [-0.1, -0.05) is 154 Å². The Kier molecular flexibility index (Phi) is 7.61. The van der Waals surface area contributed by atoms with Gasteiger partial charge in [-0.3, -0.25) is 4.57 Å². The molecule has 15 rings (SSSR count). The number of nitrogens with zero attached hydrogens (tertiary/aromatic N) is 4. The van der Waals surface area contributed by atoms with Crippen molar-refractivity contribution >= 4 is 32.8 Å². The van der Waals surface area contributed by atoms with Crippen LogP contribution in [-0.2, 0) is 31.1 Å². The predicted molar refractivity (Wildman–Crippen MR) is 274 cm³/mol. The van der Waals surface area contributed by atoms with Crippen LogP contribution in [0.3, 0.4) is 0 Å². The number of aromatic nitrogens is 4. The molecule has 3 aromatic heterocycles. The number of fused-ring (bicyclic) bond motifs is 2. The van der Waals surface area contributed by atoms with Gasteiger partial charge >= 0.3 is 0 Å². The van der Waals surface area contributed by atoms with Gasteiger partial charge in [0.2, 0.25) is 0 Å². The topological polar surface area (TPSA) is 35.9 Å². The summed E-state index contributed by atoms with van der Waals surface area (Å²) in [5.74, 6) is 2.00.